The number of aromatic nitrogens is 1. The zero-order valence-electron chi connectivity index (χ0n) is 9.20. The van der Waals surface area contributed by atoms with Gasteiger partial charge in [0.2, 0.25) is 6.08 Å². The maximum Gasteiger partial charge on any atom is 0.235 e. The lowest BCUT2D eigenvalue weighted by Crippen LogP contribution is -1.91. The summed E-state index contributed by atoms with van der Waals surface area (Å²) >= 11 is 0. The molecule has 1 aromatic heterocycles. The van der Waals surface area contributed by atoms with Crippen LogP contribution < -0.4 is 4.74 Å². The Hall–Kier alpha value is -2.06. The van der Waals surface area contributed by atoms with E-state index in [4.69, 9.17) is 4.74 Å². The number of fused-ring (bicyclic) bond motifs is 1. The molecule has 82 valence electrons. The minimum Gasteiger partial charge on any atom is -0.496 e. The van der Waals surface area contributed by atoms with Crippen molar-refractivity contribution in [1.29, 1.82) is 0 Å². The third-order valence-corrected chi connectivity index (χ3v) is 2.49. The van der Waals surface area contributed by atoms with Gasteiger partial charge in [0.05, 0.1) is 13.7 Å². The zero-order valence-corrected chi connectivity index (χ0v) is 9.20. The predicted molar refractivity (Wildman–Crippen MR) is 61.4 cm³/mol. The summed E-state index contributed by atoms with van der Waals surface area (Å²) in [5, 5.41) is 1.01. The molecule has 2 aromatic rings. The third-order valence-electron chi connectivity index (χ3n) is 2.49. The summed E-state index contributed by atoms with van der Waals surface area (Å²) < 4.78 is 5.36. The molecule has 16 heavy (non-hydrogen) atoms. The topological polar surface area (TPSA) is 54.4 Å². The summed E-state index contributed by atoms with van der Waals surface area (Å²) in [7, 11) is 1.62. The van der Waals surface area contributed by atoms with Crippen LogP contribution in [0.15, 0.2) is 23.2 Å². The number of ether oxygens (including phenoxy) is 1. The Balaban J connectivity index is 2.61. The Labute approximate surface area is 93.0 Å². The molecule has 0 aliphatic heterocycles. The van der Waals surface area contributed by atoms with Crippen LogP contribution in [0.5, 0.6) is 5.75 Å². The number of isocyanates is 1. The van der Waals surface area contributed by atoms with Crippen molar-refractivity contribution in [3.63, 3.8) is 0 Å². The smallest absolute Gasteiger partial charge is 0.235 e. The van der Waals surface area contributed by atoms with Crippen molar-refractivity contribution in [3.8, 4) is 5.75 Å². The number of hydrogen-bond donors (Lipinski definition) is 1. The van der Waals surface area contributed by atoms with Crippen LogP contribution in [-0.4, -0.2) is 18.2 Å². The molecule has 0 radical (unpaired) electrons. The number of carbonyl (C=O) groups excluding carboxylic acids is 1. The van der Waals surface area contributed by atoms with Gasteiger partial charge in [0.1, 0.15) is 5.75 Å². The van der Waals surface area contributed by atoms with E-state index in [-0.39, 0.29) is 0 Å². The van der Waals surface area contributed by atoms with E-state index in [0.29, 0.717) is 6.54 Å². The summed E-state index contributed by atoms with van der Waals surface area (Å²) in [6.07, 6.45) is 1.53. The number of aromatic amines is 1. The first-order valence-corrected chi connectivity index (χ1v) is 4.95. The third kappa shape index (κ3) is 1.71. The molecule has 1 heterocycles. The van der Waals surface area contributed by atoms with Crippen LogP contribution in [0.1, 0.15) is 11.3 Å². The highest BCUT2D eigenvalue weighted by Crippen LogP contribution is 2.30. The normalized spacial score (nSPS) is 10.1. The standard InChI is InChI=1S/C12H12N2O2/c1-8-5-10-11(14-8)4-3-9(6-13-7-15)12(10)16-2/h3-5,14H,6H2,1-2H3. The van der Waals surface area contributed by atoms with Crippen LogP contribution in [0.3, 0.4) is 0 Å². The van der Waals surface area contributed by atoms with Crippen LogP contribution in [0.25, 0.3) is 10.9 Å². The molecule has 0 unspecified atom stereocenters. The first kappa shape index (κ1) is 10.5. The van der Waals surface area contributed by atoms with Gasteiger partial charge in [-0.1, -0.05) is 6.07 Å². The van der Waals surface area contributed by atoms with Gasteiger partial charge in [0, 0.05) is 22.2 Å². The summed E-state index contributed by atoms with van der Waals surface area (Å²) in [6.45, 7) is 2.29. The summed E-state index contributed by atoms with van der Waals surface area (Å²) in [6, 6.07) is 5.88. The average Bonchev–Trinajstić information content (AvgIpc) is 2.65. The quantitative estimate of drug-likeness (QED) is 0.632. The molecule has 0 spiro atoms. The van der Waals surface area contributed by atoms with Crippen molar-refractivity contribution in [1.82, 2.24) is 4.98 Å². The highest BCUT2D eigenvalue weighted by atomic mass is 16.5. The number of aliphatic imine (C=N–C) groups is 1. The van der Waals surface area contributed by atoms with Crippen molar-refractivity contribution < 1.29 is 9.53 Å². The van der Waals surface area contributed by atoms with Crippen molar-refractivity contribution in [3.05, 3.63) is 29.5 Å². The lowest BCUT2D eigenvalue weighted by atomic mass is 10.1. The Bertz CT molecular complexity index is 566. The van der Waals surface area contributed by atoms with Gasteiger partial charge in [-0.3, -0.25) is 0 Å². The van der Waals surface area contributed by atoms with Crippen LogP contribution in [0.2, 0.25) is 0 Å². The number of benzene rings is 1. The fourth-order valence-electron chi connectivity index (χ4n) is 1.84. The molecule has 1 aromatic carbocycles. The fourth-order valence-corrected chi connectivity index (χ4v) is 1.84. The molecule has 4 heteroatoms. The molecule has 0 fully saturated rings. The minimum atomic E-state index is 0.298. The van der Waals surface area contributed by atoms with Gasteiger partial charge in [-0.05, 0) is 19.1 Å². The van der Waals surface area contributed by atoms with Crippen molar-refractivity contribution in [2.75, 3.05) is 7.11 Å². The van der Waals surface area contributed by atoms with E-state index >= 15 is 0 Å². The molecule has 0 saturated carbocycles. The van der Waals surface area contributed by atoms with Crippen LogP contribution in [0, 0.1) is 6.92 Å². The lowest BCUT2D eigenvalue weighted by molar-refractivity contribution is 0.415. The largest absolute Gasteiger partial charge is 0.496 e. The summed E-state index contributed by atoms with van der Waals surface area (Å²) in [5.41, 5.74) is 2.98. The molecular formula is C12H12N2O2. The molecule has 0 aliphatic carbocycles. The number of aryl methyl sites for hydroxylation is 1. The molecule has 4 nitrogen and oxygen atoms in total. The van der Waals surface area contributed by atoms with Gasteiger partial charge >= 0.3 is 0 Å². The fraction of sp³-hybridized carbons (Fsp3) is 0.250. The highest BCUT2D eigenvalue weighted by molar-refractivity contribution is 5.88. The SMILES string of the molecule is COc1c(CN=C=O)ccc2[nH]c(C)cc12. The predicted octanol–water partition coefficient (Wildman–Crippen LogP) is 2.32. The van der Waals surface area contributed by atoms with E-state index in [9.17, 15) is 4.79 Å². The monoisotopic (exact) mass is 216 g/mol. The Morgan fingerprint density at radius 2 is 2.31 bits per heavy atom. The van der Waals surface area contributed by atoms with E-state index in [2.05, 4.69) is 9.98 Å². The maximum absolute atomic E-state index is 10.1. The van der Waals surface area contributed by atoms with Crippen LogP contribution in [-0.2, 0) is 11.3 Å². The van der Waals surface area contributed by atoms with Gasteiger partial charge in [-0.15, -0.1) is 0 Å². The van der Waals surface area contributed by atoms with E-state index in [1.807, 2.05) is 25.1 Å². The van der Waals surface area contributed by atoms with Crippen molar-refractivity contribution in [2.45, 2.75) is 13.5 Å². The van der Waals surface area contributed by atoms with E-state index in [1.165, 1.54) is 6.08 Å². The number of methoxy groups -OCH3 is 1. The van der Waals surface area contributed by atoms with Crippen molar-refractivity contribution >= 4 is 17.0 Å². The number of hydrogen-bond acceptors (Lipinski definition) is 3. The number of rotatable bonds is 3. The second kappa shape index (κ2) is 4.21. The van der Waals surface area contributed by atoms with Crippen molar-refractivity contribution in [2.24, 2.45) is 4.99 Å². The van der Waals surface area contributed by atoms with E-state index in [1.54, 1.807) is 7.11 Å². The molecule has 0 amide bonds. The molecule has 2 rings (SSSR count). The second-order valence-electron chi connectivity index (χ2n) is 3.58. The van der Waals surface area contributed by atoms with E-state index in [0.717, 1.165) is 27.9 Å². The van der Waals surface area contributed by atoms with Gasteiger partial charge in [0.15, 0.2) is 0 Å². The first-order chi connectivity index (χ1) is 7.76. The van der Waals surface area contributed by atoms with E-state index < -0.39 is 0 Å². The second-order valence-corrected chi connectivity index (χ2v) is 3.58. The highest BCUT2D eigenvalue weighted by Gasteiger charge is 2.09. The average molecular weight is 216 g/mol. The lowest BCUT2D eigenvalue weighted by Gasteiger charge is -2.06. The Morgan fingerprint density at radius 3 is 3.00 bits per heavy atom. The van der Waals surface area contributed by atoms with Crippen LogP contribution >= 0.6 is 0 Å². The number of nitrogens with one attached hydrogen (secondary N) is 1. The number of nitrogens with zero attached hydrogens (tertiary/aromatic N) is 1. The molecule has 1 N–H and O–H groups in total. The van der Waals surface area contributed by atoms with Gasteiger partial charge in [-0.2, -0.15) is 0 Å². The van der Waals surface area contributed by atoms with Crippen LogP contribution in [0.4, 0.5) is 0 Å². The van der Waals surface area contributed by atoms with Gasteiger partial charge < -0.3 is 9.72 Å². The number of H-pyrrole nitrogens is 1. The maximum atomic E-state index is 10.1. The van der Waals surface area contributed by atoms with Gasteiger partial charge in [-0.25, -0.2) is 9.79 Å². The van der Waals surface area contributed by atoms with Gasteiger partial charge in [0.25, 0.3) is 0 Å². The molecule has 0 atom stereocenters. The molecule has 0 saturated heterocycles. The first-order valence-electron chi connectivity index (χ1n) is 4.95. The Morgan fingerprint density at radius 1 is 1.50 bits per heavy atom. The molecule has 0 aliphatic rings. The minimum absolute atomic E-state index is 0.298. The molecular weight excluding hydrogens is 204 g/mol. The zero-order chi connectivity index (χ0) is 11.5. The summed E-state index contributed by atoms with van der Waals surface area (Å²) in [5.74, 6) is 0.765. The molecule has 0 bridgehead atoms. The summed E-state index contributed by atoms with van der Waals surface area (Å²) in [4.78, 5) is 16.9. The Kier molecular flexibility index (Phi) is 2.75.